The van der Waals surface area contributed by atoms with Crippen LogP contribution in [-0.4, -0.2) is 30.1 Å². The van der Waals surface area contributed by atoms with Crippen molar-refractivity contribution in [1.29, 1.82) is 0 Å². The molecule has 28 heavy (non-hydrogen) atoms. The van der Waals surface area contributed by atoms with Crippen molar-refractivity contribution in [1.82, 2.24) is 9.97 Å². The van der Waals surface area contributed by atoms with E-state index < -0.39 is 0 Å². The van der Waals surface area contributed by atoms with Crippen LogP contribution in [0.3, 0.4) is 0 Å². The second kappa shape index (κ2) is 8.39. The van der Waals surface area contributed by atoms with E-state index in [2.05, 4.69) is 20.6 Å². The van der Waals surface area contributed by atoms with Crippen LogP contribution in [0.5, 0.6) is 11.5 Å². The lowest BCUT2D eigenvalue weighted by Crippen LogP contribution is -2.14. The van der Waals surface area contributed by atoms with Gasteiger partial charge in [-0.2, -0.15) is 0 Å². The third-order valence-electron chi connectivity index (χ3n) is 4.27. The van der Waals surface area contributed by atoms with Crippen LogP contribution < -0.4 is 20.1 Å². The first-order chi connectivity index (χ1) is 13.5. The summed E-state index contributed by atoms with van der Waals surface area (Å²) in [5.41, 5.74) is 3.92. The number of benzene rings is 2. The number of aryl methyl sites for hydroxylation is 2. The monoisotopic (exact) mass is 378 g/mol. The molecule has 0 bridgehead atoms. The molecule has 3 aromatic rings. The van der Waals surface area contributed by atoms with Crippen molar-refractivity contribution in [3.8, 4) is 11.5 Å². The minimum Gasteiger partial charge on any atom is -0.493 e. The molecular weight excluding hydrogens is 356 g/mol. The highest BCUT2D eigenvalue weighted by Crippen LogP contribution is 2.30. The Balaban J connectivity index is 1.72. The molecule has 0 aliphatic carbocycles. The molecule has 0 spiro atoms. The Morgan fingerprint density at radius 3 is 2.18 bits per heavy atom. The number of methoxy groups -OCH3 is 2. The molecule has 7 heteroatoms. The van der Waals surface area contributed by atoms with Gasteiger partial charge in [0.25, 0.3) is 5.91 Å². The lowest BCUT2D eigenvalue weighted by Gasteiger charge is -2.12. The number of hydrogen-bond acceptors (Lipinski definition) is 6. The number of para-hydroxylation sites is 1. The molecule has 3 rings (SSSR count). The molecule has 2 aromatic carbocycles. The Morgan fingerprint density at radius 1 is 0.929 bits per heavy atom. The lowest BCUT2D eigenvalue weighted by atomic mass is 10.1. The quantitative estimate of drug-likeness (QED) is 0.671. The van der Waals surface area contributed by atoms with E-state index in [1.165, 1.54) is 12.4 Å². The Labute approximate surface area is 163 Å². The van der Waals surface area contributed by atoms with Crippen LogP contribution in [0.2, 0.25) is 0 Å². The summed E-state index contributed by atoms with van der Waals surface area (Å²) in [5, 5.41) is 6.00. The van der Waals surface area contributed by atoms with E-state index >= 15 is 0 Å². The van der Waals surface area contributed by atoms with Gasteiger partial charge in [0, 0.05) is 29.8 Å². The molecular formula is C21H22N4O3. The second-order valence-corrected chi connectivity index (χ2v) is 6.21. The number of hydrogen-bond donors (Lipinski definition) is 2. The van der Waals surface area contributed by atoms with E-state index in [4.69, 9.17) is 9.47 Å². The number of ether oxygens (including phenoxy) is 2. The van der Waals surface area contributed by atoms with Crippen molar-refractivity contribution in [2.45, 2.75) is 13.8 Å². The normalized spacial score (nSPS) is 10.3. The zero-order valence-corrected chi connectivity index (χ0v) is 16.2. The van der Waals surface area contributed by atoms with Crippen LogP contribution in [0.1, 0.15) is 21.5 Å². The topological polar surface area (TPSA) is 85.4 Å². The van der Waals surface area contributed by atoms with Crippen LogP contribution >= 0.6 is 0 Å². The van der Waals surface area contributed by atoms with Gasteiger partial charge in [-0.15, -0.1) is 0 Å². The highest BCUT2D eigenvalue weighted by atomic mass is 16.5. The fourth-order valence-corrected chi connectivity index (χ4v) is 2.75. The lowest BCUT2D eigenvalue weighted by molar-refractivity contribution is 0.102. The summed E-state index contributed by atoms with van der Waals surface area (Å²) in [5.74, 6) is 1.34. The number of nitrogens with zero attached hydrogens (tertiary/aromatic N) is 2. The molecule has 2 N–H and O–H groups in total. The summed E-state index contributed by atoms with van der Waals surface area (Å²) < 4.78 is 10.5. The van der Waals surface area contributed by atoms with Crippen molar-refractivity contribution in [3.05, 3.63) is 65.5 Å². The summed E-state index contributed by atoms with van der Waals surface area (Å²) in [6, 6.07) is 11.3. The van der Waals surface area contributed by atoms with Gasteiger partial charge in [0.2, 0.25) is 5.95 Å². The minimum atomic E-state index is -0.255. The van der Waals surface area contributed by atoms with Crippen LogP contribution in [0.15, 0.2) is 48.8 Å². The van der Waals surface area contributed by atoms with Gasteiger partial charge in [-0.25, -0.2) is 9.97 Å². The molecule has 1 amide bonds. The summed E-state index contributed by atoms with van der Waals surface area (Å²) in [7, 11) is 3.15. The van der Waals surface area contributed by atoms with Crippen molar-refractivity contribution < 1.29 is 14.3 Å². The molecule has 0 saturated carbocycles. The first-order valence-electron chi connectivity index (χ1n) is 8.70. The van der Waals surface area contributed by atoms with Crippen molar-refractivity contribution in [2.24, 2.45) is 0 Å². The third-order valence-corrected chi connectivity index (χ3v) is 4.27. The van der Waals surface area contributed by atoms with E-state index in [-0.39, 0.29) is 5.91 Å². The number of nitrogens with one attached hydrogen (secondary N) is 2. The average molecular weight is 378 g/mol. The summed E-state index contributed by atoms with van der Waals surface area (Å²) >= 11 is 0. The maximum Gasteiger partial charge on any atom is 0.258 e. The standard InChI is InChI=1S/C21H22N4O3/c1-13-6-5-7-14(2)19(13)25-20(26)15-11-22-21(23-12-15)24-16-8-9-17(27-3)18(10-16)28-4/h5-12H,1-4H3,(H,25,26)(H,22,23,24). The first-order valence-corrected chi connectivity index (χ1v) is 8.70. The predicted molar refractivity (Wildman–Crippen MR) is 109 cm³/mol. The highest BCUT2D eigenvalue weighted by Gasteiger charge is 2.11. The Bertz CT molecular complexity index is 967. The number of carbonyl (C=O) groups is 1. The predicted octanol–water partition coefficient (Wildman–Crippen LogP) is 4.11. The van der Waals surface area contributed by atoms with E-state index in [1.54, 1.807) is 26.4 Å². The molecule has 0 aliphatic heterocycles. The highest BCUT2D eigenvalue weighted by molar-refractivity contribution is 6.04. The molecule has 0 saturated heterocycles. The van der Waals surface area contributed by atoms with Gasteiger partial charge in [0.1, 0.15) is 0 Å². The Hall–Kier alpha value is -3.61. The summed E-state index contributed by atoms with van der Waals surface area (Å²) in [6.45, 7) is 3.91. The molecule has 0 atom stereocenters. The van der Waals surface area contributed by atoms with Gasteiger partial charge >= 0.3 is 0 Å². The minimum absolute atomic E-state index is 0.255. The Kier molecular flexibility index (Phi) is 5.74. The fraction of sp³-hybridized carbons (Fsp3) is 0.190. The van der Waals surface area contributed by atoms with E-state index in [1.807, 2.05) is 38.1 Å². The molecule has 0 aliphatic rings. The molecule has 1 aromatic heterocycles. The number of aromatic nitrogens is 2. The van der Waals surface area contributed by atoms with Crippen LogP contribution in [0.4, 0.5) is 17.3 Å². The van der Waals surface area contributed by atoms with Gasteiger partial charge in [-0.3, -0.25) is 4.79 Å². The maximum absolute atomic E-state index is 12.5. The molecule has 144 valence electrons. The first kappa shape index (κ1) is 19.2. The summed E-state index contributed by atoms with van der Waals surface area (Å²) in [6.07, 6.45) is 2.97. The smallest absolute Gasteiger partial charge is 0.258 e. The van der Waals surface area contributed by atoms with Gasteiger partial charge in [-0.1, -0.05) is 18.2 Å². The van der Waals surface area contributed by atoms with Gasteiger partial charge in [0.15, 0.2) is 11.5 Å². The van der Waals surface area contributed by atoms with Crippen LogP contribution in [0, 0.1) is 13.8 Å². The van der Waals surface area contributed by atoms with Gasteiger partial charge in [0.05, 0.1) is 19.8 Å². The average Bonchev–Trinajstić information content (AvgIpc) is 2.71. The largest absolute Gasteiger partial charge is 0.493 e. The van der Waals surface area contributed by atoms with E-state index in [0.717, 1.165) is 22.5 Å². The molecule has 1 heterocycles. The molecule has 0 radical (unpaired) electrons. The fourth-order valence-electron chi connectivity index (χ4n) is 2.75. The second-order valence-electron chi connectivity index (χ2n) is 6.21. The molecule has 0 unspecified atom stereocenters. The number of anilines is 3. The Morgan fingerprint density at radius 2 is 1.57 bits per heavy atom. The van der Waals surface area contributed by atoms with Crippen molar-refractivity contribution >= 4 is 23.2 Å². The van der Waals surface area contributed by atoms with Crippen LogP contribution in [0.25, 0.3) is 0 Å². The number of carbonyl (C=O) groups excluding carboxylic acids is 1. The van der Waals surface area contributed by atoms with Crippen molar-refractivity contribution in [3.63, 3.8) is 0 Å². The van der Waals surface area contributed by atoms with E-state index in [0.29, 0.717) is 23.0 Å². The number of amides is 1. The van der Waals surface area contributed by atoms with Gasteiger partial charge in [-0.05, 0) is 37.1 Å². The maximum atomic E-state index is 12.5. The summed E-state index contributed by atoms with van der Waals surface area (Å²) in [4.78, 5) is 20.9. The zero-order chi connectivity index (χ0) is 20.1. The molecule has 7 nitrogen and oxygen atoms in total. The number of rotatable bonds is 6. The van der Waals surface area contributed by atoms with Crippen LogP contribution in [-0.2, 0) is 0 Å². The van der Waals surface area contributed by atoms with Crippen molar-refractivity contribution in [2.75, 3.05) is 24.9 Å². The zero-order valence-electron chi connectivity index (χ0n) is 16.2. The SMILES string of the molecule is COc1ccc(Nc2ncc(C(=O)Nc3c(C)cccc3C)cn2)cc1OC. The molecule has 0 fully saturated rings. The van der Waals surface area contributed by atoms with Gasteiger partial charge < -0.3 is 20.1 Å². The third kappa shape index (κ3) is 4.20. The van der Waals surface area contributed by atoms with E-state index in [9.17, 15) is 4.79 Å².